The molecule has 0 saturated carbocycles. The first-order valence-electron chi connectivity index (χ1n) is 24.6. The highest BCUT2D eigenvalue weighted by molar-refractivity contribution is 6.94. The summed E-state index contributed by atoms with van der Waals surface area (Å²) in [4.78, 5) is 5.46. The minimum atomic E-state index is -0.588. The summed E-state index contributed by atoms with van der Waals surface area (Å²) in [7, 11) is 0. The molecule has 0 spiro atoms. The summed E-state index contributed by atoms with van der Waals surface area (Å²) < 4.78 is 0. The lowest BCUT2D eigenvalue weighted by Crippen LogP contribution is -2.63. The maximum atomic E-state index is 2.76. The number of rotatable bonds is 4. The number of para-hydroxylation sites is 2. The van der Waals surface area contributed by atoms with Crippen LogP contribution >= 0.6 is 0 Å². The fourth-order valence-electron chi connectivity index (χ4n) is 13.2. The molecule has 14 rings (SSSR count). The number of hydrogen-bond donors (Lipinski definition) is 0. The van der Waals surface area contributed by atoms with Crippen molar-refractivity contribution in [3.8, 4) is 33.4 Å². The summed E-state index contributed by atoms with van der Waals surface area (Å²) in [5.74, 6) is 0. The van der Waals surface area contributed by atoms with Crippen LogP contribution in [0, 0.1) is 0 Å². The molecule has 0 amide bonds. The molecule has 0 radical (unpaired) electrons. The van der Waals surface area contributed by atoms with Crippen LogP contribution in [0.4, 0.5) is 28.4 Å². The average Bonchev–Trinajstić information content (AvgIpc) is 3.62. The highest BCUT2D eigenvalue weighted by Crippen LogP contribution is 2.62. The Morgan fingerprint density at radius 1 is 0.435 bits per heavy atom. The van der Waals surface area contributed by atoms with Gasteiger partial charge in [-0.25, -0.2) is 0 Å². The Balaban J connectivity index is 1.18. The molecule has 0 fully saturated rings. The second kappa shape index (κ2) is 14.3. The molecule has 328 valence electrons. The van der Waals surface area contributed by atoms with Gasteiger partial charge in [0.1, 0.15) is 0 Å². The molecule has 0 aromatic heterocycles. The van der Waals surface area contributed by atoms with Gasteiger partial charge in [0.25, 0.3) is 0 Å². The van der Waals surface area contributed by atoms with Crippen LogP contribution in [0.15, 0.2) is 218 Å². The molecule has 0 bridgehead atoms. The fraction of sp³-hybridized carbons (Fsp3) is 0.121. The van der Waals surface area contributed by atoms with E-state index in [0.29, 0.717) is 0 Å². The van der Waals surface area contributed by atoms with Crippen molar-refractivity contribution < 1.29 is 0 Å². The van der Waals surface area contributed by atoms with Crippen molar-refractivity contribution in [1.82, 2.24) is 0 Å². The number of fused-ring (bicyclic) bond motifs is 12. The summed E-state index contributed by atoms with van der Waals surface area (Å²) >= 11 is 0. The van der Waals surface area contributed by atoms with E-state index >= 15 is 0 Å². The lowest BCUT2D eigenvalue weighted by Gasteiger charge is -2.53. The Bertz CT molecular complexity index is 3710. The van der Waals surface area contributed by atoms with Gasteiger partial charge in [-0.1, -0.05) is 229 Å². The van der Waals surface area contributed by atoms with Gasteiger partial charge in [-0.15, -0.1) is 0 Å². The first kappa shape index (κ1) is 40.2. The van der Waals surface area contributed by atoms with E-state index in [9.17, 15) is 0 Å². The zero-order valence-corrected chi connectivity index (χ0v) is 39.8. The molecule has 3 heteroatoms. The molecule has 0 unspecified atom stereocenters. The third-order valence-corrected chi connectivity index (χ3v) is 16.2. The van der Waals surface area contributed by atoms with Crippen LogP contribution < -0.4 is 20.6 Å². The van der Waals surface area contributed by atoms with E-state index in [1.54, 1.807) is 0 Å². The quantitative estimate of drug-likeness (QED) is 0.163. The van der Waals surface area contributed by atoms with Crippen molar-refractivity contribution in [2.75, 3.05) is 9.71 Å². The molecule has 0 atom stereocenters. The van der Waals surface area contributed by atoms with Crippen molar-refractivity contribution in [3.05, 3.63) is 257 Å². The normalized spacial score (nSPS) is 15.2. The second-order valence-electron chi connectivity index (χ2n) is 21.2. The van der Waals surface area contributed by atoms with E-state index in [1.807, 2.05) is 0 Å². The third kappa shape index (κ3) is 5.34. The highest BCUT2D eigenvalue weighted by atomic mass is 15.2. The van der Waals surface area contributed by atoms with Crippen LogP contribution in [0.2, 0.25) is 0 Å². The van der Waals surface area contributed by atoms with Crippen molar-refractivity contribution in [2.24, 2.45) is 0 Å². The molecule has 69 heavy (non-hydrogen) atoms. The Morgan fingerprint density at radius 2 is 1.06 bits per heavy atom. The fourth-order valence-corrected chi connectivity index (χ4v) is 13.2. The van der Waals surface area contributed by atoms with Gasteiger partial charge in [-0.3, -0.25) is 0 Å². The summed E-state index contributed by atoms with van der Waals surface area (Å²) in [6.45, 7) is 11.7. The summed E-state index contributed by atoms with van der Waals surface area (Å²) in [6, 6.07) is 83.2. The minimum absolute atomic E-state index is 0.0446. The monoisotopic (exact) mass is 882 g/mol. The lowest BCUT2D eigenvalue weighted by atomic mass is 9.41. The number of benzene rings is 10. The van der Waals surface area contributed by atoms with Crippen molar-refractivity contribution >= 4 is 57.0 Å². The van der Waals surface area contributed by atoms with Crippen molar-refractivity contribution in [3.63, 3.8) is 0 Å². The van der Waals surface area contributed by atoms with E-state index in [0.717, 1.165) is 0 Å². The molecule has 3 aliphatic heterocycles. The number of anilines is 5. The molecule has 4 aliphatic rings. The van der Waals surface area contributed by atoms with Gasteiger partial charge in [0, 0.05) is 39.2 Å². The number of hydrogen-bond acceptors (Lipinski definition) is 2. The SMILES string of the molecule is CC(C)(C)c1ccc(N2c3cc4ccccc4c4c3B(c3ccc5c(c32)-c2ccccc2C5(C)C)N2c3ccccc3C(c3ccccc3)(c3ccccc3)c3cccc-4c32)c(-c2ccccc2)c1. The molecular formula is C66H51BN2. The molecule has 0 saturated heterocycles. The lowest BCUT2D eigenvalue weighted by molar-refractivity contribution is 0.590. The van der Waals surface area contributed by atoms with E-state index in [4.69, 9.17) is 0 Å². The van der Waals surface area contributed by atoms with Gasteiger partial charge in [0.05, 0.1) is 16.8 Å². The zero-order valence-electron chi connectivity index (χ0n) is 39.8. The van der Waals surface area contributed by atoms with Crippen LogP contribution in [0.25, 0.3) is 44.2 Å². The summed E-state index contributed by atoms with van der Waals surface area (Å²) in [5.41, 5.74) is 24.9. The predicted molar refractivity (Wildman–Crippen MR) is 291 cm³/mol. The van der Waals surface area contributed by atoms with E-state index in [-0.39, 0.29) is 17.7 Å². The van der Waals surface area contributed by atoms with Crippen molar-refractivity contribution in [1.29, 1.82) is 0 Å². The zero-order chi connectivity index (χ0) is 46.4. The minimum Gasteiger partial charge on any atom is -0.376 e. The maximum Gasteiger partial charge on any atom is 0.333 e. The largest absolute Gasteiger partial charge is 0.376 e. The Labute approximate surface area is 406 Å². The standard InChI is InChI=1S/C66H51BN2/c1-64(2,3)46-36-39-56(50(41-46)42-22-9-6-10-23-42)68-58-40-43-24-15-16-29-47(43)59-49-31-21-34-54-62(49)69(57-35-20-19-33-52(57)66(54,44-25-11-7-12-26-44)45-27-13-8-14-28-45)67(61(58)59)55-38-37-53-60(63(55)68)48-30-17-18-32-51(48)65(53,4)5/h6-41H,1-5H3. The Morgan fingerprint density at radius 3 is 1.80 bits per heavy atom. The topological polar surface area (TPSA) is 6.48 Å². The van der Waals surface area contributed by atoms with Crippen LogP contribution in [0.5, 0.6) is 0 Å². The summed E-state index contributed by atoms with van der Waals surface area (Å²) in [5, 5.41) is 2.51. The van der Waals surface area contributed by atoms with Gasteiger partial charge in [-0.05, 0) is 107 Å². The molecule has 2 nitrogen and oxygen atoms in total. The van der Waals surface area contributed by atoms with E-state index in [1.165, 1.54) is 122 Å². The first-order valence-corrected chi connectivity index (χ1v) is 24.6. The van der Waals surface area contributed by atoms with E-state index < -0.39 is 5.41 Å². The third-order valence-electron chi connectivity index (χ3n) is 16.2. The van der Waals surface area contributed by atoms with Crippen LogP contribution in [-0.4, -0.2) is 6.85 Å². The van der Waals surface area contributed by atoms with E-state index in [2.05, 4.69) is 263 Å². The van der Waals surface area contributed by atoms with Gasteiger partial charge in [-0.2, -0.15) is 0 Å². The van der Waals surface area contributed by atoms with Crippen molar-refractivity contribution in [2.45, 2.75) is 50.9 Å². The molecular weight excluding hydrogens is 832 g/mol. The van der Waals surface area contributed by atoms with Gasteiger partial charge >= 0.3 is 6.85 Å². The average molecular weight is 883 g/mol. The second-order valence-corrected chi connectivity index (χ2v) is 21.2. The van der Waals surface area contributed by atoms with Gasteiger partial charge < -0.3 is 9.71 Å². The maximum absolute atomic E-state index is 2.76. The van der Waals surface area contributed by atoms with Crippen LogP contribution in [0.3, 0.4) is 0 Å². The van der Waals surface area contributed by atoms with Gasteiger partial charge in [0.15, 0.2) is 0 Å². The molecule has 3 heterocycles. The van der Waals surface area contributed by atoms with Crippen LogP contribution in [-0.2, 0) is 16.2 Å². The Hall–Kier alpha value is -7.88. The smallest absolute Gasteiger partial charge is 0.333 e. The summed E-state index contributed by atoms with van der Waals surface area (Å²) in [6.07, 6.45) is 0. The van der Waals surface area contributed by atoms with Crippen LogP contribution in [0.1, 0.15) is 73.6 Å². The van der Waals surface area contributed by atoms with Gasteiger partial charge in [0.2, 0.25) is 0 Å². The molecule has 0 N–H and O–H groups in total. The first-order chi connectivity index (χ1) is 33.7. The number of nitrogens with zero attached hydrogens (tertiary/aromatic N) is 2. The molecule has 1 aliphatic carbocycles. The highest BCUT2D eigenvalue weighted by Gasteiger charge is 2.55. The Kier molecular flexibility index (Phi) is 8.35. The molecule has 10 aromatic carbocycles. The predicted octanol–water partition coefficient (Wildman–Crippen LogP) is 15.5. The molecule has 10 aromatic rings.